The van der Waals surface area contributed by atoms with Crippen LogP contribution in [0.5, 0.6) is 0 Å². The number of rotatable bonds is 8. The van der Waals surface area contributed by atoms with Gasteiger partial charge >= 0.3 is 0 Å². The summed E-state index contributed by atoms with van der Waals surface area (Å²) in [4.78, 5) is 2.41. The monoisotopic (exact) mass is 814 g/mol. The summed E-state index contributed by atoms with van der Waals surface area (Å²) >= 11 is 0. The molecule has 0 aliphatic rings. The minimum absolute atomic E-state index is 1.10. The average molecular weight is 815 g/mol. The lowest BCUT2D eigenvalue weighted by Crippen LogP contribution is -2.10. The SMILES string of the molecule is c1ccc(-c2cccc(-c3ccc(-n4c5ccccc5c5ccc(-c6ccccc6-c6cccc(N(c7ccc8ccccc8c7)c7cccc8ccccc78)c6)cc54)cc3)c2)cc1. The molecule has 2 nitrogen and oxygen atoms in total. The number of benzene rings is 11. The van der Waals surface area contributed by atoms with Gasteiger partial charge in [-0.1, -0.05) is 194 Å². The van der Waals surface area contributed by atoms with Gasteiger partial charge < -0.3 is 9.47 Å². The first-order valence-corrected chi connectivity index (χ1v) is 22.0. The second-order valence-electron chi connectivity index (χ2n) is 16.5. The van der Waals surface area contributed by atoms with Gasteiger partial charge in [-0.2, -0.15) is 0 Å². The van der Waals surface area contributed by atoms with Crippen molar-refractivity contribution >= 4 is 60.4 Å². The summed E-state index contributed by atoms with van der Waals surface area (Å²) in [6, 6.07) is 92.7. The van der Waals surface area contributed by atoms with Gasteiger partial charge in [0.05, 0.1) is 16.7 Å². The van der Waals surface area contributed by atoms with E-state index in [9.17, 15) is 0 Å². The van der Waals surface area contributed by atoms with Crippen LogP contribution in [0.15, 0.2) is 255 Å². The molecular formula is C62H42N2. The Labute approximate surface area is 373 Å². The number of hydrogen-bond donors (Lipinski definition) is 0. The normalized spacial score (nSPS) is 11.4. The Hall–Kier alpha value is -8.46. The quantitative estimate of drug-likeness (QED) is 0.148. The maximum Gasteiger partial charge on any atom is 0.0547 e. The molecule has 1 aromatic heterocycles. The van der Waals surface area contributed by atoms with E-state index in [4.69, 9.17) is 0 Å². The fourth-order valence-electron chi connectivity index (χ4n) is 9.67. The van der Waals surface area contributed by atoms with E-state index in [1.807, 2.05) is 0 Å². The number of aromatic nitrogens is 1. The molecule has 11 aromatic carbocycles. The number of fused-ring (bicyclic) bond motifs is 5. The highest BCUT2D eigenvalue weighted by Crippen LogP contribution is 2.43. The molecule has 0 aliphatic heterocycles. The van der Waals surface area contributed by atoms with Crippen LogP contribution in [0.4, 0.5) is 17.1 Å². The Kier molecular flexibility index (Phi) is 9.20. The van der Waals surface area contributed by atoms with E-state index in [1.165, 1.54) is 82.3 Å². The Morgan fingerprint density at radius 1 is 0.266 bits per heavy atom. The molecule has 0 radical (unpaired) electrons. The highest BCUT2D eigenvalue weighted by Gasteiger charge is 2.19. The molecule has 0 amide bonds. The van der Waals surface area contributed by atoms with E-state index in [2.05, 4.69) is 264 Å². The minimum atomic E-state index is 1.10. The number of anilines is 3. The lowest BCUT2D eigenvalue weighted by atomic mass is 9.93. The first-order chi connectivity index (χ1) is 31.7. The van der Waals surface area contributed by atoms with Gasteiger partial charge in [0.25, 0.3) is 0 Å². The van der Waals surface area contributed by atoms with Crippen LogP contribution in [0.3, 0.4) is 0 Å². The fourth-order valence-corrected chi connectivity index (χ4v) is 9.67. The molecule has 64 heavy (non-hydrogen) atoms. The van der Waals surface area contributed by atoms with Gasteiger partial charge in [-0.3, -0.25) is 0 Å². The third-order valence-electron chi connectivity index (χ3n) is 12.8. The van der Waals surface area contributed by atoms with Gasteiger partial charge in [-0.15, -0.1) is 0 Å². The average Bonchev–Trinajstić information content (AvgIpc) is 3.70. The van der Waals surface area contributed by atoms with E-state index in [1.54, 1.807) is 0 Å². The Bertz CT molecular complexity index is 3670. The molecular weight excluding hydrogens is 773 g/mol. The van der Waals surface area contributed by atoms with Crippen LogP contribution in [-0.2, 0) is 0 Å². The summed E-state index contributed by atoms with van der Waals surface area (Å²) in [5, 5.41) is 7.34. The highest BCUT2D eigenvalue weighted by atomic mass is 15.1. The van der Waals surface area contributed by atoms with Crippen molar-refractivity contribution in [3.05, 3.63) is 255 Å². The van der Waals surface area contributed by atoms with Crippen molar-refractivity contribution < 1.29 is 0 Å². The molecule has 0 saturated heterocycles. The van der Waals surface area contributed by atoms with E-state index in [-0.39, 0.29) is 0 Å². The summed E-state index contributed by atoms with van der Waals surface area (Å²) in [5.74, 6) is 0. The molecule has 0 saturated carbocycles. The number of para-hydroxylation sites is 1. The van der Waals surface area contributed by atoms with Gasteiger partial charge in [0.15, 0.2) is 0 Å². The van der Waals surface area contributed by atoms with Gasteiger partial charge in [0, 0.05) is 33.2 Å². The fraction of sp³-hybridized carbons (Fsp3) is 0. The predicted octanol–water partition coefficient (Wildman–Crippen LogP) is 17.2. The van der Waals surface area contributed by atoms with Gasteiger partial charge in [0.2, 0.25) is 0 Å². The van der Waals surface area contributed by atoms with Gasteiger partial charge in [-0.05, 0) is 121 Å². The van der Waals surface area contributed by atoms with Crippen LogP contribution >= 0.6 is 0 Å². The van der Waals surface area contributed by atoms with Crippen molar-refractivity contribution in [3.63, 3.8) is 0 Å². The summed E-state index contributed by atoms with van der Waals surface area (Å²) in [6.07, 6.45) is 0. The molecule has 12 rings (SSSR count). The Balaban J connectivity index is 0.963. The molecule has 1 heterocycles. The largest absolute Gasteiger partial charge is 0.310 e. The molecule has 12 aromatic rings. The Morgan fingerprint density at radius 3 is 1.62 bits per heavy atom. The summed E-state index contributed by atoms with van der Waals surface area (Å²) in [6.45, 7) is 0. The molecule has 300 valence electrons. The van der Waals surface area contributed by atoms with Crippen molar-refractivity contribution in [3.8, 4) is 50.2 Å². The molecule has 0 fully saturated rings. The maximum atomic E-state index is 2.42. The van der Waals surface area contributed by atoms with Crippen LogP contribution < -0.4 is 4.90 Å². The highest BCUT2D eigenvalue weighted by molar-refractivity contribution is 6.10. The van der Waals surface area contributed by atoms with Crippen molar-refractivity contribution in [2.24, 2.45) is 0 Å². The molecule has 0 spiro atoms. The predicted molar refractivity (Wildman–Crippen MR) is 272 cm³/mol. The smallest absolute Gasteiger partial charge is 0.0547 e. The second kappa shape index (κ2) is 15.8. The standard InChI is InChI=1S/C62H42N2/c1-2-15-43(16-3-1)47-21-12-22-48(39-47)45-31-35-52(36-32-45)64-61-29-11-10-28-58(61)59-38-34-51(42-62(59)64)56-26-9-8-25-55(56)50-23-13-24-53(41-50)63(54-37-33-44-17-4-5-19-49(44)40-54)60-30-14-20-46-18-6-7-27-57(46)60/h1-42H. The second-order valence-corrected chi connectivity index (χ2v) is 16.5. The van der Waals surface area contributed by atoms with Crippen molar-refractivity contribution in [2.45, 2.75) is 0 Å². The van der Waals surface area contributed by atoms with E-state index in [0.717, 1.165) is 28.3 Å². The molecule has 0 atom stereocenters. The van der Waals surface area contributed by atoms with E-state index in [0.29, 0.717) is 0 Å². The summed E-state index contributed by atoms with van der Waals surface area (Å²) in [5.41, 5.74) is 16.4. The zero-order chi connectivity index (χ0) is 42.4. The topological polar surface area (TPSA) is 8.17 Å². The van der Waals surface area contributed by atoms with Crippen molar-refractivity contribution in [1.29, 1.82) is 0 Å². The number of hydrogen-bond acceptors (Lipinski definition) is 1. The van der Waals surface area contributed by atoms with Gasteiger partial charge in [0.1, 0.15) is 0 Å². The van der Waals surface area contributed by atoms with E-state index >= 15 is 0 Å². The third-order valence-corrected chi connectivity index (χ3v) is 12.8. The first-order valence-electron chi connectivity index (χ1n) is 22.0. The van der Waals surface area contributed by atoms with E-state index < -0.39 is 0 Å². The van der Waals surface area contributed by atoms with Crippen LogP contribution in [0.25, 0.3) is 93.5 Å². The summed E-state index contributed by atoms with van der Waals surface area (Å²) in [7, 11) is 0. The van der Waals surface area contributed by atoms with Crippen LogP contribution in [0, 0.1) is 0 Å². The molecule has 0 bridgehead atoms. The minimum Gasteiger partial charge on any atom is -0.310 e. The van der Waals surface area contributed by atoms with Crippen LogP contribution in [0.1, 0.15) is 0 Å². The van der Waals surface area contributed by atoms with Crippen molar-refractivity contribution in [1.82, 2.24) is 4.57 Å². The molecule has 0 unspecified atom stereocenters. The first kappa shape index (κ1) is 37.3. The lowest BCUT2D eigenvalue weighted by molar-refractivity contribution is 1.18. The van der Waals surface area contributed by atoms with Crippen LogP contribution in [0.2, 0.25) is 0 Å². The molecule has 0 aliphatic carbocycles. The zero-order valence-corrected chi connectivity index (χ0v) is 35.1. The molecule has 0 N–H and O–H groups in total. The van der Waals surface area contributed by atoms with Gasteiger partial charge in [-0.25, -0.2) is 0 Å². The van der Waals surface area contributed by atoms with Crippen LogP contribution in [-0.4, -0.2) is 4.57 Å². The summed E-state index contributed by atoms with van der Waals surface area (Å²) < 4.78 is 2.42. The Morgan fingerprint density at radius 2 is 0.812 bits per heavy atom. The third kappa shape index (κ3) is 6.61. The zero-order valence-electron chi connectivity index (χ0n) is 35.1. The molecule has 2 heteroatoms. The van der Waals surface area contributed by atoms with Crippen molar-refractivity contribution in [2.75, 3.05) is 4.90 Å². The maximum absolute atomic E-state index is 2.42. The number of nitrogens with zero attached hydrogens (tertiary/aromatic N) is 2. The lowest BCUT2D eigenvalue weighted by Gasteiger charge is -2.28.